The normalized spacial score (nSPS) is 27.4. The Morgan fingerprint density at radius 3 is 2.83 bits per heavy atom. The summed E-state index contributed by atoms with van der Waals surface area (Å²) < 4.78 is 5.23. The summed E-state index contributed by atoms with van der Waals surface area (Å²) in [7, 11) is 0. The van der Waals surface area contributed by atoms with Crippen molar-refractivity contribution < 1.29 is 19.4 Å². The molecule has 0 radical (unpaired) electrons. The fourth-order valence-electron chi connectivity index (χ4n) is 1.94. The van der Waals surface area contributed by atoms with Crippen molar-refractivity contribution in [3.63, 3.8) is 0 Å². The number of ether oxygens (including phenoxy) is 1. The zero-order chi connectivity index (χ0) is 13.5. The number of likely N-dealkylation sites (tertiary alicyclic amines) is 1. The van der Waals surface area contributed by atoms with E-state index in [9.17, 15) is 14.7 Å². The maximum Gasteiger partial charge on any atom is 0.410 e. The summed E-state index contributed by atoms with van der Waals surface area (Å²) in [5, 5.41) is 11.6. The Labute approximate surface area is 105 Å². The standard InChI is InChI=1S/C11H17N3O4/c1-11(2,3)18-10(17)14-4-6-7(5-14)12-9(16)13-8(6)15/h6,9,16H,4-5H2,1-3H3,(H,13,15). The highest BCUT2D eigenvalue weighted by atomic mass is 16.6. The van der Waals surface area contributed by atoms with Gasteiger partial charge in [-0.3, -0.25) is 4.79 Å². The van der Waals surface area contributed by atoms with Crippen molar-refractivity contribution in [3.05, 3.63) is 0 Å². The van der Waals surface area contributed by atoms with Crippen LogP contribution in [0.3, 0.4) is 0 Å². The van der Waals surface area contributed by atoms with Crippen molar-refractivity contribution in [1.82, 2.24) is 10.2 Å². The minimum Gasteiger partial charge on any atom is -0.444 e. The van der Waals surface area contributed by atoms with Gasteiger partial charge in [0, 0.05) is 6.54 Å². The zero-order valence-electron chi connectivity index (χ0n) is 10.6. The first-order chi connectivity index (χ1) is 8.26. The molecule has 2 amide bonds. The lowest BCUT2D eigenvalue weighted by molar-refractivity contribution is -0.126. The lowest BCUT2D eigenvalue weighted by atomic mass is 10.1. The molecule has 2 aliphatic heterocycles. The van der Waals surface area contributed by atoms with Gasteiger partial charge in [-0.25, -0.2) is 9.79 Å². The Hall–Kier alpha value is -1.63. The van der Waals surface area contributed by atoms with Crippen LogP contribution in [0.4, 0.5) is 4.79 Å². The molecule has 0 aromatic rings. The van der Waals surface area contributed by atoms with Gasteiger partial charge in [0.15, 0.2) is 0 Å². The van der Waals surface area contributed by atoms with E-state index < -0.39 is 24.0 Å². The van der Waals surface area contributed by atoms with E-state index in [1.165, 1.54) is 4.90 Å². The van der Waals surface area contributed by atoms with Crippen LogP contribution in [0.25, 0.3) is 0 Å². The Kier molecular flexibility index (Phi) is 3.02. The average molecular weight is 255 g/mol. The number of nitrogens with one attached hydrogen (secondary N) is 1. The molecule has 0 spiro atoms. The second-order valence-electron chi connectivity index (χ2n) is 5.42. The van der Waals surface area contributed by atoms with Gasteiger partial charge < -0.3 is 20.1 Å². The molecule has 0 saturated carbocycles. The third-order valence-corrected chi connectivity index (χ3v) is 2.69. The molecule has 2 unspecified atom stereocenters. The van der Waals surface area contributed by atoms with Crippen molar-refractivity contribution in [1.29, 1.82) is 0 Å². The summed E-state index contributed by atoms with van der Waals surface area (Å²) in [6.45, 7) is 5.81. The van der Waals surface area contributed by atoms with Gasteiger partial charge in [-0.15, -0.1) is 0 Å². The van der Waals surface area contributed by atoms with Crippen molar-refractivity contribution in [2.75, 3.05) is 13.1 Å². The highest BCUT2D eigenvalue weighted by Gasteiger charge is 2.41. The van der Waals surface area contributed by atoms with Gasteiger partial charge in [0.05, 0.1) is 18.2 Å². The first kappa shape index (κ1) is 12.8. The number of aliphatic imine (C=N–C) groups is 1. The molecular weight excluding hydrogens is 238 g/mol. The highest BCUT2D eigenvalue weighted by Crippen LogP contribution is 2.20. The van der Waals surface area contributed by atoms with Gasteiger partial charge in [-0.2, -0.15) is 0 Å². The summed E-state index contributed by atoms with van der Waals surface area (Å²) in [6, 6.07) is 0. The number of hydrogen-bond acceptors (Lipinski definition) is 5. The van der Waals surface area contributed by atoms with Gasteiger partial charge in [-0.05, 0) is 20.8 Å². The van der Waals surface area contributed by atoms with Crippen LogP contribution >= 0.6 is 0 Å². The maximum absolute atomic E-state index is 11.8. The van der Waals surface area contributed by atoms with E-state index >= 15 is 0 Å². The van der Waals surface area contributed by atoms with E-state index in [0.717, 1.165) is 0 Å². The first-order valence-corrected chi connectivity index (χ1v) is 5.79. The molecule has 18 heavy (non-hydrogen) atoms. The van der Waals surface area contributed by atoms with Gasteiger partial charge in [0.25, 0.3) is 0 Å². The number of fused-ring (bicyclic) bond motifs is 1. The summed E-state index contributed by atoms with van der Waals surface area (Å²) in [4.78, 5) is 28.8. The summed E-state index contributed by atoms with van der Waals surface area (Å²) in [5.41, 5.74) is -0.0499. The molecule has 7 heteroatoms. The average Bonchev–Trinajstić information content (AvgIpc) is 2.58. The topological polar surface area (TPSA) is 91.2 Å². The molecule has 1 fully saturated rings. The molecule has 1 saturated heterocycles. The lowest BCUT2D eigenvalue weighted by Crippen LogP contribution is -2.45. The molecule has 2 N–H and O–H groups in total. The molecule has 7 nitrogen and oxygen atoms in total. The third-order valence-electron chi connectivity index (χ3n) is 2.69. The second kappa shape index (κ2) is 4.24. The molecular formula is C11H17N3O4. The molecule has 100 valence electrons. The van der Waals surface area contributed by atoms with E-state index in [-0.39, 0.29) is 19.0 Å². The van der Waals surface area contributed by atoms with Crippen molar-refractivity contribution >= 4 is 17.7 Å². The third kappa shape index (κ3) is 2.61. The molecule has 2 rings (SSSR count). The molecule has 0 aromatic carbocycles. The Bertz CT molecular complexity index is 413. The molecule has 2 heterocycles. The first-order valence-electron chi connectivity index (χ1n) is 5.79. The zero-order valence-corrected chi connectivity index (χ0v) is 10.6. The summed E-state index contributed by atoms with van der Waals surface area (Å²) in [5.74, 6) is -0.778. The predicted molar refractivity (Wildman–Crippen MR) is 62.9 cm³/mol. The maximum atomic E-state index is 11.8. The van der Waals surface area contributed by atoms with Gasteiger partial charge >= 0.3 is 6.09 Å². The van der Waals surface area contributed by atoms with Crippen LogP contribution in [-0.2, 0) is 9.53 Å². The van der Waals surface area contributed by atoms with E-state index in [1.807, 2.05) is 0 Å². The van der Waals surface area contributed by atoms with Crippen molar-refractivity contribution in [2.24, 2.45) is 10.9 Å². The number of aliphatic hydroxyl groups is 1. The quantitative estimate of drug-likeness (QED) is 0.621. The van der Waals surface area contributed by atoms with Crippen LogP contribution in [0.2, 0.25) is 0 Å². The van der Waals surface area contributed by atoms with Crippen LogP contribution < -0.4 is 5.32 Å². The summed E-state index contributed by atoms with van der Waals surface area (Å²) in [6.07, 6.45) is -1.68. The van der Waals surface area contributed by atoms with Gasteiger partial charge in [0.2, 0.25) is 12.3 Å². The predicted octanol–water partition coefficient (Wildman–Crippen LogP) is -0.300. The van der Waals surface area contributed by atoms with Gasteiger partial charge in [-0.1, -0.05) is 0 Å². The molecule has 2 aliphatic rings. The van der Waals surface area contributed by atoms with Crippen LogP contribution in [0.15, 0.2) is 4.99 Å². The largest absolute Gasteiger partial charge is 0.444 e. The molecule has 0 aliphatic carbocycles. The monoisotopic (exact) mass is 255 g/mol. The Morgan fingerprint density at radius 1 is 1.56 bits per heavy atom. The SMILES string of the molecule is CC(C)(C)OC(=O)N1CC2=NC(O)NC(=O)C2C1. The van der Waals surface area contributed by atoms with Crippen LogP contribution in [0.5, 0.6) is 0 Å². The highest BCUT2D eigenvalue weighted by molar-refractivity contribution is 6.09. The number of carbonyl (C=O) groups is 2. The molecule has 0 bridgehead atoms. The lowest BCUT2D eigenvalue weighted by Gasteiger charge is -2.24. The molecule has 0 aromatic heterocycles. The second-order valence-corrected chi connectivity index (χ2v) is 5.42. The summed E-state index contributed by atoms with van der Waals surface area (Å²) >= 11 is 0. The Balaban J connectivity index is 2.06. The van der Waals surface area contributed by atoms with E-state index in [1.54, 1.807) is 20.8 Å². The van der Waals surface area contributed by atoms with Gasteiger partial charge in [0.1, 0.15) is 5.60 Å². The van der Waals surface area contributed by atoms with E-state index in [4.69, 9.17) is 4.74 Å². The fraction of sp³-hybridized carbons (Fsp3) is 0.727. The van der Waals surface area contributed by atoms with Crippen molar-refractivity contribution in [2.45, 2.75) is 32.7 Å². The number of amides is 2. The Morgan fingerprint density at radius 2 is 2.22 bits per heavy atom. The number of carbonyl (C=O) groups excluding carboxylic acids is 2. The van der Waals surface area contributed by atoms with E-state index in [0.29, 0.717) is 5.71 Å². The minimum atomic E-state index is -1.21. The van der Waals surface area contributed by atoms with Crippen LogP contribution in [-0.4, -0.2) is 52.8 Å². The van der Waals surface area contributed by atoms with E-state index in [2.05, 4.69) is 10.3 Å². The molecule has 2 atom stereocenters. The van der Waals surface area contributed by atoms with Crippen LogP contribution in [0.1, 0.15) is 20.8 Å². The number of nitrogens with zero attached hydrogens (tertiary/aromatic N) is 2. The number of aliphatic hydroxyl groups excluding tert-OH is 1. The minimum absolute atomic E-state index is 0.226. The van der Waals surface area contributed by atoms with Crippen LogP contribution in [0, 0.1) is 5.92 Å². The number of hydrogen-bond donors (Lipinski definition) is 2. The number of rotatable bonds is 0. The van der Waals surface area contributed by atoms with Crippen molar-refractivity contribution in [3.8, 4) is 0 Å². The smallest absolute Gasteiger partial charge is 0.410 e. The fourth-order valence-corrected chi connectivity index (χ4v) is 1.94.